The quantitative estimate of drug-likeness (QED) is 0.754. The summed E-state index contributed by atoms with van der Waals surface area (Å²) in [5, 5.41) is 1.92. The molecule has 26 heavy (non-hydrogen) atoms. The van der Waals surface area contributed by atoms with E-state index >= 15 is 0 Å². The van der Waals surface area contributed by atoms with Crippen LogP contribution in [-0.2, 0) is 19.7 Å². The second-order valence-electron chi connectivity index (χ2n) is 7.49. The van der Waals surface area contributed by atoms with Crippen molar-refractivity contribution in [3.05, 3.63) is 29.8 Å². The monoisotopic (exact) mass is 364 g/mol. The van der Waals surface area contributed by atoms with E-state index in [1.54, 1.807) is 26.0 Å². The highest BCUT2D eigenvalue weighted by molar-refractivity contribution is 5.96. The predicted octanol–water partition coefficient (Wildman–Crippen LogP) is 2.51. The van der Waals surface area contributed by atoms with E-state index in [2.05, 4.69) is 20.8 Å². The number of primary amides is 1. The van der Waals surface area contributed by atoms with Crippen molar-refractivity contribution >= 4 is 17.9 Å². The Kier molecular flexibility index (Phi) is 7.18. The number of nitrogens with one attached hydrogen (secondary N) is 1. The third kappa shape index (κ3) is 6.38. The number of ether oxygens (including phenoxy) is 2. The standard InChI is InChI=1S/C19H28N2O5/c1-11(2)15(16(22)21-18(20)24)26-17(23)12(3)25-14-9-7-13(8-10-14)19(4,5)6/h7-12,15H,1-6H3,(H3,20,21,22,24)/t12-,15+/m1/s1. The first-order chi connectivity index (χ1) is 11.9. The van der Waals surface area contributed by atoms with Crippen LogP contribution in [0.1, 0.15) is 47.1 Å². The van der Waals surface area contributed by atoms with Crippen molar-refractivity contribution in [2.24, 2.45) is 11.7 Å². The molecular formula is C19H28N2O5. The minimum atomic E-state index is -1.13. The summed E-state index contributed by atoms with van der Waals surface area (Å²) in [4.78, 5) is 35.0. The smallest absolute Gasteiger partial charge is 0.347 e. The number of carbonyl (C=O) groups is 3. The van der Waals surface area contributed by atoms with Crippen molar-refractivity contribution in [1.29, 1.82) is 0 Å². The molecule has 144 valence electrons. The molecule has 7 heteroatoms. The maximum atomic E-state index is 12.2. The van der Waals surface area contributed by atoms with E-state index in [1.807, 2.05) is 17.4 Å². The average molecular weight is 364 g/mol. The fraction of sp³-hybridized carbons (Fsp3) is 0.526. The van der Waals surface area contributed by atoms with Gasteiger partial charge in [-0.25, -0.2) is 9.59 Å². The molecule has 0 heterocycles. The van der Waals surface area contributed by atoms with Crippen LogP contribution in [-0.4, -0.2) is 30.1 Å². The van der Waals surface area contributed by atoms with Gasteiger partial charge in [0.2, 0.25) is 0 Å². The van der Waals surface area contributed by atoms with E-state index in [-0.39, 0.29) is 11.3 Å². The van der Waals surface area contributed by atoms with Crippen molar-refractivity contribution < 1.29 is 23.9 Å². The summed E-state index contributed by atoms with van der Waals surface area (Å²) in [7, 11) is 0. The second-order valence-corrected chi connectivity index (χ2v) is 7.49. The minimum Gasteiger partial charge on any atom is -0.479 e. The normalized spacial score (nSPS) is 13.7. The molecular weight excluding hydrogens is 336 g/mol. The van der Waals surface area contributed by atoms with E-state index in [1.165, 1.54) is 6.92 Å². The van der Waals surface area contributed by atoms with Crippen molar-refractivity contribution in [3.8, 4) is 5.75 Å². The number of imide groups is 1. The van der Waals surface area contributed by atoms with Crippen LogP contribution in [0, 0.1) is 5.92 Å². The number of hydrogen-bond donors (Lipinski definition) is 2. The molecule has 0 unspecified atom stereocenters. The number of amides is 3. The van der Waals surface area contributed by atoms with Crippen LogP contribution in [0.4, 0.5) is 4.79 Å². The van der Waals surface area contributed by atoms with Gasteiger partial charge in [-0.2, -0.15) is 0 Å². The van der Waals surface area contributed by atoms with Crippen LogP contribution in [0.3, 0.4) is 0 Å². The summed E-state index contributed by atoms with van der Waals surface area (Å²) in [6, 6.07) is 6.43. The first-order valence-electron chi connectivity index (χ1n) is 8.49. The zero-order chi connectivity index (χ0) is 20.1. The Morgan fingerprint density at radius 2 is 1.58 bits per heavy atom. The number of urea groups is 1. The fourth-order valence-corrected chi connectivity index (χ4v) is 2.19. The van der Waals surface area contributed by atoms with Gasteiger partial charge >= 0.3 is 12.0 Å². The lowest BCUT2D eigenvalue weighted by atomic mass is 9.87. The highest BCUT2D eigenvalue weighted by Gasteiger charge is 2.30. The molecule has 3 N–H and O–H groups in total. The number of nitrogens with two attached hydrogens (primary N) is 1. The topological polar surface area (TPSA) is 108 Å². The fourth-order valence-electron chi connectivity index (χ4n) is 2.19. The summed E-state index contributed by atoms with van der Waals surface area (Å²) in [6.45, 7) is 11.2. The molecule has 0 fully saturated rings. The predicted molar refractivity (Wildman–Crippen MR) is 97.7 cm³/mol. The molecule has 0 radical (unpaired) electrons. The lowest BCUT2D eigenvalue weighted by Crippen LogP contribution is -2.46. The SMILES string of the molecule is CC(C)[C@H](OC(=O)[C@@H](C)Oc1ccc(C(C)(C)C)cc1)C(=O)NC(N)=O. The number of carbonyl (C=O) groups excluding carboxylic acids is 3. The number of benzene rings is 1. The molecule has 0 aromatic heterocycles. The van der Waals surface area contributed by atoms with Crippen LogP contribution in [0.15, 0.2) is 24.3 Å². The summed E-state index contributed by atoms with van der Waals surface area (Å²) in [6.07, 6.45) is -2.05. The maximum Gasteiger partial charge on any atom is 0.347 e. The summed E-state index contributed by atoms with van der Waals surface area (Å²) < 4.78 is 10.8. The minimum absolute atomic E-state index is 0.0152. The Hall–Kier alpha value is -2.57. The van der Waals surface area contributed by atoms with Gasteiger partial charge in [0.15, 0.2) is 12.2 Å². The van der Waals surface area contributed by atoms with Crippen molar-refractivity contribution in [2.45, 2.75) is 59.2 Å². The molecule has 1 rings (SSSR count). The number of rotatable bonds is 6. The van der Waals surface area contributed by atoms with Crippen LogP contribution in [0.2, 0.25) is 0 Å². The van der Waals surface area contributed by atoms with Gasteiger partial charge in [-0.15, -0.1) is 0 Å². The van der Waals surface area contributed by atoms with Gasteiger partial charge in [0.25, 0.3) is 5.91 Å². The first kappa shape index (κ1) is 21.5. The summed E-state index contributed by atoms with van der Waals surface area (Å²) in [5.74, 6) is -1.28. The van der Waals surface area contributed by atoms with Crippen LogP contribution >= 0.6 is 0 Å². The Balaban J connectivity index is 2.73. The Morgan fingerprint density at radius 1 is 1.04 bits per heavy atom. The molecule has 7 nitrogen and oxygen atoms in total. The molecule has 0 aliphatic heterocycles. The summed E-state index contributed by atoms with van der Waals surface area (Å²) in [5.41, 5.74) is 6.09. The van der Waals surface area contributed by atoms with Gasteiger partial charge < -0.3 is 15.2 Å². The first-order valence-corrected chi connectivity index (χ1v) is 8.49. The maximum absolute atomic E-state index is 12.2. The average Bonchev–Trinajstić information content (AvgIpc) is 2.50. The lowest BCUT2D eigenvalue weighted by molar-refractivity contribution is -0.164. The van der Waals surface area contributed by atoms with Gasteiger partial charge in [0, 0.05) is 0 Å². The van der Waals surface area contributed by atoms with E-state index in [0.29, 0.717) is 5.75 Å². The van der Waals surface area contributed by atoms with Gasteiger partial charge in [-0.3, -0.25) is 10.1 Å². The van der Waals surface area contributed by atoms with E-state index < -0.39 is 30.1 Å². The summed E-state index contributed by atoms with van der Waals surface area (Å²) >= 11 is 0. The third-order valence-electron chi connectivity index (χ3n) is 3.72. The van der Waals surface area contributed by atoms with E-state index in [0.717, 1.165) is 5.56 Å². The molecule has 3 amide bonds. The molecule has 2 atom stereocenters. The molecule has 1 aromatic carbocycles. The van der Waals surface area contributed by atoms with Crippen LogP contribution in [0.5, 0.6) is 5.75 Å². The van der Waals surface area contributed by atoms with Gasteiger partial charge in [-0.1, -0.05) is 46.8 Å². The molecule has 0 saturated carbocycles. The lowest BCUT2D eigenvalue weighted by Gasteiger charge is -2.23. The number of esters is 1. The number of hydrogen-bond acceptors (Lipinski definition) is 5. The Morgan fingerprint density at radius 3 is 2.00 bits per heavy atom. The largest absolute Gasteiger partial charge is 0.479 e. The molecule has 0 aliphatic carbocycles. The van der Waals surface area contributed by atoms with Crippen LogP contribution < -0.4 is 15.8 Å². The second kappa shape index (κ2) is 8.69. The van der Waals surface area contributed by atoms with Crippen molar-refractivity contribution in [3.63, 3.8) is 0 Å². The Bertz CT molecular complexity index is 647. The zero-order valence-electron chi connectivity index (χ0n) is 16.2. The van der Waals surface area contributed by atoms with Gasteiger partial charge in [0.05, 0.1) is 0 Å². The highest BCUT2D eigenvalue weighted by atomic mass is 16.6. The van der Waals surface area contributed by atoms with Crippen molar-refractivity contribution in [1.82, 2.24) is 5.32 Å². The van der Waals surface area contributed by atoms with Gasteiger partial charge in [-0.05, 0) is 36.0 Å². The van der Waals surface area contributed by atoms with Crippen LogP contribution in [0.25, 0.3) is 0 Å². The van der Waals surface area contributed by atoms with E-state index in [4.69, 9.17) is 15.2 Å². The Labute approximate surface area is 154 Å². The van der Waals surface area contributed by atoms with Gasteiger partial charge in [0.1, 0.15) is 5.75 Å². The molecule has 1 aromatic rings. The third-order valence-corrected chi connectivity index (χ3v) is 3.72. The molecule has 0 bridgehead atoms. The van der Waals surface area contributed by atoms with E-state index in [9.17, 15) is 14.4 Å². The van der Waals surface area contributed by atoms with Crippen molar-refractivity contribution in [2.75, 3.05) is 0 Å². The highest BCUT2D eigenvalue weighted by Crippen LogP contribution is 2.24. The zero-order valence-corrected chi connectivity index (χ0v) is 16.2. The molecule has 0 saturated heterocycles. The molecule has 0 spiro atoms. The molecule has 0 aliphatic rings.